The average Bonchev–Trinajstić information content (AvgIpc) is 3.26. The minimum atomic E-state index is -0.396. The van der Waals surface area contributed by atoms with Crippen LogP contribution in [0.5, 0.6) is 11.5 Å². The van der Waals surface area contributed by atoms with Crippen LogP contribution in [-0.4, -0.2) is 47.8 Å². The molecule has 4 rings (SSSR count). The molecule has 0 bridgehead atoms. The van der Waals surface area contributed by atoms with E-state index in [9.17, 15) is 14.4 Å². The van der Waals surface area contributed by atoms with E-state index >= 15 is 0 Å². The summed E-state index contributed by atoms with van der Waals surface area (Å²) in [6, 6.07) is 10.4. The highest BCUT2D eigenvalue weighted by Gasteiger charge is 2.27. The van der Waals surface area contributed by atoms with Crippen molar-refractivity contribution in [3.63, 3.8) is 0 Å². The molecule has 3 aromatic rings. The van der Waals surface area contributed by atoms with Gasteiger partial charge in [-0.3, -0.25) is 18.7 Å². The molecule has 0 aliphatic carbocycles. The largest absolute Gasteiger partial charge is 0.493 e. The van der Waals surface area contributed by atoms with Crippen LogP contribution in [-0.2, 0) is 11.3 Å². The van der Waals surface area contributed by atoms with Crippen molar-refractivity contribution >= 4 is 33.2 Å². The number of fused-ring (bicyclic) bond motifs is 1. The zero-order valence-electron chi connectivity index (χ0n) is 17.2. The number of halogens is 1. The number of aromatic nitrogens is 2. The van der Waals surface area contributed by atoms with Crippen LogP contribution in [0.25, 0.3) is 10.9 Å². The predicted octanol–water partition coefficient (Wildman–Crippen LogP) is 2.39. The van der Waals surface area contributed by atoms with Gasteiger partial charge in [0.1, 0.15) is 0 Å². The first-order valence-corrected chi connectivity index (χ1v) is 10.6. The lowest BCUT2D eigenvalue weighted by Gasteiger charge is -2.19. The van der Waals surface area contributed by atoms with Gasteiger partial charge in [-0.05, 0) is 42.3 Å². The maximum atomic E-state index is 13.5. The number of benzene rings is 2. The standard InChI is InChI=1S/C22H22BrN3O5/c1-30-19-6-3-14(9-20(19)31-2)11-25-21(28)17-10-15(23)4-5-18(17)26(22(25)29)16-7-8-24(12-16)13-27/h3-6,9-10,13,16H,7-8,11-12H2,1-2H3. The smallest absolute Gasteiger partial charge is 0.332 e. The maximum Gasteiger partial charge on any atom is 0.332 e. The van der Waals surface area contributed by atoms with Gasteiger partial charge in [0.15, 0.2) is 11.5 Å². The topological polar surface area (TPSA) is 82.8 Å². The Morgan fingerprint density at radius 3 is 2.55 bits per heavy atom. The van der Waals surface area contributed by atoms with Gasteiger partial charge in [-0.2, -0.15) is 0 Å². The van der Waals surface area contributed by atoms with E-state index in [4.69, 9.17) is 9.47 Å². The molecule has 1 aromatic heterocycles. The predicted molar refractivity (Wildman–Crippen MR) is 120 cm³/mol. The molecule has 0 N–H and O–H groups in total. The van der Waals surface area contributed by atoms with Gasteiger partial charge in [-0.15, -0.1) is 0 Å². The molecule has 2 heterocycles. The van der Waals surface area contributed by atoms with Crippen molar-refractivity contribution in [2.45, 2.75) is 19.0 Å². The van der Waals surface area contributed by atoms with E-state index in [0.717, 1.165) is 16.4 Å². The van der Waals surface area contributed by atoms with Gasteiger partial charge in [0.05, 0.1) is 37.7 Å². The Kier molecular flexibility index (Phi) is 5.86. The number of ether oxygens (including phenoxy) is 2. The monoisotopic (exact) mass is 487 g/mol. The summed E-state index contributed by atoms with van der Waals surface area (Å²) in [7, 11) is 3.08. The van der Waals surface area contributed by atoms with Crippen molar-refractivity contribution in [3.8, 4) is 11.5 Å². The van der Waals surface area contributed by atoms with Crippen molar-refractivity contribution in [1.29, 1.82) is 0 Å². The van der Waals surface area contributed by atoms with Crippen LogP contribution in [0, 0.1) is 0 Å². The van der Waals surface area contributed by atoms with E-state index in [-0.39, 0.29) is 18.1 Å². The number of amides is 1. The summed E-state index contributed by atoms with van der Waals surface area (Å²) in [6.07, 6.45) is 1.45. The minimum absolute atomic E-state index is 0.0879. The molecule has 162 valence electrons. The summed E-state index contributed by atoms with van der Waals surface area (Å²) < 4.78 is 14.3. The molecule has 0 saturated carbocycles. The number of carbonyl (C=O) groups excluding carboxylic acids is 1. The fraction of sp³-hybridized carbons (Fsp3) is 0.318. The number of likely N-dealkylation sites (tertiary alicyclic amines) is 1. The first-order chi connectivity index (χ1) is 15.0. The Morgan fingerprint density at radius 1 is 1.10 bits per heavy atom. The molecule has 1 atom stereocenters. The van der Waals surface area contributed by atoms with Crippen LogP contribution in [0.15, 0.2) is 50.5 Å². The molecular weight excluding hydrogens is 466 g/mol. The fourth-order valence-electron chi connectivity index (χ4n) is 4.08. The number of hydrogen-bond acceptors (Lipinski definition) is 5. The summed E-state index contributed by atoms with van der Waals surface area (Å²) in [6.45, 7) is 1.10. The lowest BCUT2D eigenvalue weighted by Crippen LogP contribution is -2.42. The van der Waals surface area contributed by atoms with Gasteiger partial charge in [-0.25, -0.2) is 4.79 Å². The van der Waals surface area contributed by atoms with Crippen LogP contribution in [0.1, 0.15) is 18.0 Å². The van der Waals surface area contributed by atoms with Crippen LogP contribution in [0.4, 0.5) is 0 Å². The first-order valence-electron chi connectivity index (χ1n) is 9.81. The van der Waals surface area contributed by atoms with Crippen molar-refractivity contribution in [1.82, 2.24) is 14.0 Å². The lowest BCUT2D eigenvalue weighted by atomic mass is 10.1. The lowest BCUT2D eigenvalue weighted by molar-refractivity contribution is -0.117. The van der Waals surface area contributed by atoms with Crippen molar-refractivity contribution in [3.05, 3.63) is 67.3 Å². The Hall–Kier alpha value is -3.07. The van der Waals surface area contributed by atoms with Crippen LogP contribution in [0.3, 0.4) is 0 Å². The third-order valence-corrected chi connectivity index (χ3v) is 6.12. The Morgan fingerprint density at radius 2 is 1.87 bits per heavy atom. The minimum Gasteiger partial charge on any atom is -0.493 e. The zero-order chi connectivity index (χ0) is 22.1. The van der Waals surface area contributed by atoms with Crippen molar-refractivity contribution in [2.75, 3.05) is 27.3 Å². The number of rotatable bonds is 6. The van der Waals surface area contributed by atoms with Crippen LogP contribution >= 0.6 is 15.9 Å². The molecule has 1 fully saturated rings. The van der Waals surface area contributed by atoms with E-state index < -0.39 is 5.69 Å². The molecule has 0 radical (unpaired) electrons. The summed E-state index contributed by atoms with van der Waals surface area (Å²) in [5.41, 5.74) is 0.545. The fourth-order valence-corrected chi connectivity index (χ4v) is 4.44. The SMILES string of the molecule is COc1ccc(Cn2c(=O)c3cc(Br)ccc3n(C3CCN(C=O)C3)c2=O)cc1OC. The second kappa shape index (κ2) is 8.58. The van der Waals surface area contributed by atoms with E-state index in [2.05, 4.69) is 15.9 Å². The molecule has 2 aromatic carbocycles. The second-order valence-electron chi connectivity index (χ2n) is 7.44. The number of methoxy groups -OCH3 is 2. The molecule has 8 nitrogen and oxygen atoms in total. The van der Waals surface area contributed by atoms with E-state index in [0.29, 0.717) is 41.9 Å². The molecule has 1 unspecified atom stereocenters. The summed E-state index contributed by atoms with van der Waals surface area (Å²) in [5, 5.41) is 0.444. The number of carbonyl (C=O) groups is 1. The molecule has 31 heavy (non-hydrogen) atoms. The van der Waals surface area contributed by atoms with Crippen LogP contribution in [0.2, 0.25) is 0 Å². The molecule has 9 heteroatoms. The number of nitrogens with zero attached hydrogens (tertiary/aromatic N) is 3. The molecular formula is C22H22BrN3O5. The average molecular weight is 488 g/mol. The summed E-state index contributed by atoms with van der Waals surface area (Å²) in [4.78, 5) is 39.6. The number of hydrogen-bond donors (Lipinski definition) is 0. The van der Waals surface area contributed by atoms with E-state index in [1.807, 2.05) is 6.07 Å². The van der Waals surface area contributed by atoms with Crippen LogP contribution < -0.4 is 20.7 Å². The third-order valence-electron chi connectivity index (χ3n) is 5.63. The highest BCUT2D eigenvalue weighted by Crippen LogP contribution is 2.28. The quantitative estimate of drug-likeness (QED) is 0.498. The molecule has 1 aliphatic heterocycles. The van der Waals surface area contributed by atoms with Gasteiger partial charge in [0.25, 0.3) is 5.56 Å². The Labute approximate surface area is 186 Å². The van der Waals surface area contributed by atoms with Crippen molar-refractivity contribution in [2.24, 2.45) is 0 Å². The van der Waals surface area contributed by atoms with Gasteiger partial charge in [-0.1, -0.05) is 22.0 Å². The third kappa shape index (κ3) is 3.85. The molecule has 0 spiro atoms. The second-order valence-corrected chi connectivity index (χ2v) is 8.35. The van der Waals surface area contributed by atoms with Crippen molar-refractivity contribution < 1.29 is 14.3 Å². The maximum absolute atomic E-state index is 13.5. The van der Waals surface area contributed by atoms with E-state index in [1.54, 1.807) is 46.9 Å². The highest BCUT2D eigenvalue weighted by molar-refractivity contribution is 9.10. The normalized spacial score (nSPS) is 16.0. The molecule has 1 saturated heterocycles. The van der Waals surface area contributed by atoms with E-state index in [1.165, 1.54) is 11.7 Å². The van der Waals surface area contributed by atoms with Gasteiger partial charge >= 0.3 is 5.69 Å². The Balaban J connectivity index is 1.89. The molecule has 1 amide bonds. The first kappa shape index (κ1) is 21.2. The van der Waals surface area contributed by atoms with Gasteiger partial charge in [0, 0.05) is 17.6 Å². The Bertz CT molecular complexity index is 1270. The highest BCUT2D eigenvalue weighted by atomic mass is 79.9. The summed E-state index contributed by atoms with van der Waals surface area (Å²) in [5.74, 6) is 1.09. The zero-order valence-corrected chi connectivity index (χ0v) is 18.8. The summed E-state index contributed by atoms with van der Waals surface area (Å²) >= 11 is 3.42. The van der Waals surface area contributed by atoms with Gasteiger partial charge < -0.3 is 14.4 Å². The molecule has 1 aliphatic rings. The van der Waals surface area contributed by atoms with Gasteiger partial charge in [0.2, 0.25) is 6.41 Å².